The predicted octanol–water partition coefficient (Wildman–Crippen LogP) is 3.39. The van der Waals surface area contributed by atoms with E-state index in [9.17, 15) is 4.79 Å². The maximum atomic E-state index is 11.4. The van der Waals surface area contributed by atoms with E-state index < -0.39 is 0 Å². The topological polar surface area (TPSA) is 48.1 Å². The zero-order valence-electron chi connectivity index (χ0n) is 12.2. The molecule has 114 valence electrons. The number of epoxide rings is 1. The number of halogens is 1. The molecule has 0 N–H and O–H groups in total. The van der Waals surface area contributed by atoms with Crippen LogP contribution in [-0.2, 0) is 19.0 Å². The van der Waals surface area contributed by atoms with Crippen LogP contribution in [0.4, 0.5) is 0 Å². The van der Waals surface area contributed by atoms with Gasteiger partial charge in [-0.2, -0.15) is 0 Å². The highest BCUT2D eigenvalue weighted by atomic mass is 35.5. The number of esters is 1. The minimum atomic E-state index is -0.372. The van der Waals surface area contributed by atoms with Crippen LogP contribution in [-0.4, -0.2) is 31.9 Å². The molecule has 5 heteroatoms. The van der Waals surface area contributed by atoms with Gasteiger partial charge in [-0.25, -0.2) is 4.79 Å². The smallest absolute Gasteiger partial charge is 0.330 e. The van der Waals surface area contributed by atoms with Crippen molar-refractivity contribution < 1.29 is 19.0 Å². The van der Waals surface area contributed by atoms with Crippen LogP contribution in [0.15, 0.2) is 24.3 Å². The van der Waals surface area contributed by atoms with Crippen molar-refractivity contribution in [2.24, 2.45) is 0 Å². The van der Waals surface area contributed by atoms with Gasteiger partial charge in [-0.15, -0.1) is 0 Å². The summed E-state index contributed by atoms with van der Waals surface area (Å²) < 4.78 is 15.8. The van der Waals surface area contributed by atoms with Crippen molar-refractivity contribution in [2.45, 2.75) is 26.1 Å². The lowest BCUT2D eigenvalue weighted by Crippen LogP contribution is -2.08. The molecular weight excluding hydrogens is 292 g/mol. The first kappa shape index (κ1) is 16.0. The number of ether oxygens (including phenoxy) is 3. The van der Waals surface area contributed by atoms with Gasteiger partial charge in [0.15, 0.2) is 0 Å². The Balaban J connectivity index is 2.12. The van der Waals surface area contributed by atoms with Crippen LogP contribution >= 0.6 is 11.6 Å². The molecule has 2 rings (SSSR count). The van der Waals surface area contributed by atoms with Crippen molar-refractivity contribution in [2.75, 3.05) is 19.8 Å². The van der Waals surface area contributed by atoms with Crippen molar-refractivity contribution in [1.82, 2.24) is 0 Å². The molecule has 1 fully saturated rings. The van der Waals surface area contributed by atoms with Crippen molar-refractivity contribution >= 4 is 23.6 Å². The molecule has 0 bridgehead atoms. The second-order valence-corrected chi connectivity index (χ2v) is 5.17. The summed E-state index contributed by atoms with van der Waals surface area (Å²) in [4.78, 5) is 11.4. The summed E-state index contributed by atoms with van der Waals surface area (Å²) >= 11 is 6.27. The summed E-state index contributed by atoms with van der Waals surface area (Å²) in [6, 6.07) is 5.55. The molecular formula is C16H19ClO4. The normalized spacial score (nSPS) is 18.7. The van der Waals surface area contributed by atoms with E-state index in [0.717, 1.165) is 17.7 Å². The third-order valence-electron chi connectivity index (χ3n) is 3.11. The van der Waals surface area contributed by atoms with Crippen molar-refractivity contribution in [3.63, 3.8) is 0 Å². The third kappa shape index (κ3) is 4.84. The largest absolute Gasteiger partial charge is 0.463 e. The highest BCUT2D eigenvalue weighted by Crippen LogP contribution is 2.30. The van der Waals surface area contributed by atoms with E-state index in [4.69, 9.17) is 25.8 Å². The van der Waals surface area contributed by atoms with Gasteiger partial charge < -0.3 is 14.2 Å². The van der Waals surface area contributed by atoms with Crippen LogP contribution < -0.4 is 0 Å². The van der Waals surface area contributed by atoms with Gasteiger partial charge in [0.1, 0.15) is 6.10 Å². The monoisotopic (exact) mass is 310 g/mol. The average molecular weight is 311 g/mol. The first-order valence-corrected chi connectivity index (χ1v) is 7.36. The molecule has 4 nitrogen and oxygen atoms in total. The molecule has 1 heterocycles. The van der Waals surface area contributed by atoms with Gasteiger partial charge in [-0.1, -0.05) is 23.7 Å². The van der Waals surface area contributed by atoms with E-state index in [-0.39, 0.29) is 18.2 Å². The van der Waals surface area contributed by atoms with Crippen molar-refractivity contribution in [1.29, 1.82) is 0 Å². The van der Waals surface area contributed by atoms with Crippen LogP contribution in [0.25, 0.3) is 6.08 Å². The third-order valence-corrected chi connectivity index (χ3v) is 3.44. The second kappa shape index (κ2) is 7.59. The fraction of sp³-hybridized carbons (Fsp3) is 0.438. The van der Waals surface area contributed by atoms with Gasteiger partial charge in [-0.05, 0) is 31.6 Å². The van der Waals surface area contributed by atoms with Gasteiger partial charge in [0.05, 0.1) is 25.9 Å². The van der Waals surface area contributed by atoms with E-state index in [2.05, 4.69) is 0 Å². The molecule has 0 aliphatic carbocycles. The van der Waals surface area contributed by atoms with Gasteiger partial charge in [-0.3, -0.25) is 0 Å². The summed E-state index contributed by atoms with van der Waals surface area (Å²) in [5.41, 5.74) is 1.71. The van der Waals surface area contributed by atoms with E-state index in [1.807, 2.05) is 25.1 Å². The Morgan fingerprint density at radius 1 is 1.57 bits per heavy atom. The average Bonchev–Trinajstić information content (AvgIpc) is 3.27. The molecule has 0 amide bonds. The highest BCUT2D eigenvalue weighted by Gasteiger charge is 2.24. The SMILES string of the molecule is CCOC(=O)/C=C/c1cccc(Cl)c1C(C)OCC1CO1. The number of carbonyl (C=O) groups excluding carboxylic acids is 1. The van der Waals surface area contributed by atoms with Crippen molar-refractivity contribution in [3.8, 4) is 0 Å². The molecule has 2 unspecified atom stereocenters. The summed E-state index contributed by atoms with van der Waals surface area (Å²) in [5.74, 6) is -0.372. The molecule has 0 radical (unpaired) electrons. The fourth-order valence-electron chi connectivity index (χ4n) is 1.98. The lowest BCUT2D eigenvalue weighted by molar-refractivity contribution is -0.137. The molecule has 0 saturated carbocycles. The Bertz CT molecular complexity index is 523. The Morgan fingerprint density at radius 2 is 2.33 bits per heavy atom. The maximum absolute atomic E-state index is 11.4. The first-order chi connectivity index (χ1) is 10.1. The number of hydrogen-bond donors (Lipinski definition) is 0. The summed E-state index contributed by atoms with van der Waals surface area (Å²) in [6.07, 6.45) is 3.13. The lowest BCUT2D eigenvalue weighted by atomic mass is 10.0. The molecule has 1 aliphatic heterocycles. The van der Waals surface area contributed by atoms with Crippen molar-refractivity contribution in [3.05, 3.63) is 40.4 Å². The Kier molecular flexibility index (Phi) is 5.79. The highest BCUT2D eigenvalue weighted by molar-refractivity contribution is 6.31. The molecule has 2 atom stereocenters. The maximum Gasteiger partial charge on any atom is 0.330 e. The Labute approximate surface area is 129 Å². The predicted molar refractivity (Wildman–Crippen MR) is 81.2 cm³/mol. The first-order valence-electron chi connectivity index (χ1n) is 6.98. The molecule has 1 saturated heterocycles. The zero-order chi connectivity index (χ0) is 15.2. The van der Waals surface area contributed by atoms with E-state index >= 15 is 0 Å². The van der Waals surface area contributed by atoms with Crippen LogP contribution in [0.1, 0.15) is 31.1 Å². The van der Waals surface area contributed by atoms with Crippen LogP contribution in [0, 0.1) is 0 Å². The number of benzene rings is 1. The van der Waals surface area contributed by atoms with Gasteiger partial charge >= 0.3 is 5.97 Å². The number of rotatable bonds is 7. The molecule has 1 aliphatic rings. The second-order valence-electron chi connectivity index (χ2n) is 4.76. The van der Waals surface area contributed by atoms with E-state index in [0.29, 0.717) is 18.2 Å². The van der Waals surface area contributed by atoms with E-state index in [1.54, 1.807) is 13.0 Å². The Hall–Kier alpha value is -1.36. The Morgan fingerprint density at radius 3 is 3.00 bits per heavy atom. The quantitative estimate of drug-likeness (QED) is 0.440. The fourth-order valence-corrected chi connectivity index (χ4v) is 2.31. The molecule has 0 aromatic heterocycles. The van der Waals surface area contributed by atoms with Gasteiger partial charge in [0.2, 0.25) is 0 Å². The molecule has 1 aromatic carbocycles. The van der Waals surface area contributed by atoms with Gasteiger partial charge in [0.25, 0.3) is 0 Å². The summed E-state index contributed by atoms with van der Waals surface area (Å²) in [6.45, 7) is 5.36. The molecule has 21 heavy (non-hydrogen) atoms. The van der Waals surface area contributed by atoms with E-state index in [1.165, 1.54) is 6.08 Å². The molecule has 1 aromatic rings. The summed E-state index contributed by atoms with van der Waals surface area (Å²) in [7, 11) is 0. The lowest BCUT2D eigenvalue weighted by Gasteiger charge is -2.17. The number of carbonyl (C=O) groups is 1. The molecule has 0 spiro atoms. The summed E-state index contributed by atoms with van der Waals surface area (Å²) in [5, 5.41) is 0.616. The van der Waals surface area contributed by atoms with Crippen LogP contribution in [0.5, 0.6) is 0 Å². The standard InChI is InChI=1S/C16H19ClO4/c1-3-19-15(18)8-7-12-5-4-6-14(17)16(12)11(2)20-9-13-10-21-13/h4-8,11,13H,3,9-10H2,1-2H3/b8-7+. The van der Waals surface area contributed by atoms with Gasteiger partial charge in [0, 0.05) is 16.7 Å². The van der Waals surface area contributed by atoms with Crippen LogP contribution in [0.2, 0.25) is 5.02 Å². The van der Waals surface area contributed by atoms with Crippen LogP contribution in [0.3, 0.4) is 0 Å². The minimum Gasteiger partial charge on any atom is -0.463 e. The minimum absolute atomic E-state index is 0.176. The zero-order valence-corrected chi connectivity index (χ0v) is 12.9. The number of hydrogen-bond acceptors (Lipinski definition) is 4.